The van der Waals surface area contributed by atoms with E-state index < -0.39 is 11.9 Å². The molecule has 6 nitrogen and oxygen atoms in total. The predicted molar refractivity (Wildman–Crippen MR) is 89.6 cm³/mol. The van der Waals surface area contributed by atoms with E-state index in [9.17, 15) is 19.8 Å². The Morgan fingerprint density at radius 2 is 1.08 bits per heavy atom. The lowest BCUT2D eigenvalue weighted by atomic mass is 9.92. The van der Waals surface area contributed by atoms with Crippen LogP contribution in [0.3, 0.4) is 0 Å². The summed E-state index contributed by atoms with van der Waals surface area (Å²) in [6, 6.07) is 2.96. The topological polar surface area (TPSA) is 115 Å². The fourth-order valence-corrected chi connectivity index (χ4v) is 2.72. The van der Waals surface area contributed by atoms with E-state index >= 15 is 0 Å². The Hall–Kier alpha value is -1.92. The van der Waals surface area contributed by atoms with E-state index in [0.29, 0.717) is 36.8 Å². The second-order valence-electron chi connectivity index (χ2n) is 5.85. The van der Waals surface area contributed by atoms with Crippen LogP contribution in [0, 0.1) is 0 Å². The lowest BCUT2D eigenvalue weighted by Crippen LogP contribution is -2.10. The Morgan fingerprint density at radius 1 is 0.667 bits per heavy atom. The van der Waals surface area contributed by atoms with E-state index in [1.807, 2.05) is 0 Å². The molecular weight excluding hydrogens is 312 g/mol. The molecule has 0 atom stereocenters. The Morgan fingerprint density at radius 3 is 1.42 bits per heavy atom. The summed E-state index contributed by atoms with van der Waals surface area (Å²) >= 11 is 0. The Labute approximate surface area is 141 Å². The van der Waals surface area contributed by atoms with Gasteiger partial charge in [0.2, 0.25) is 0 Å². The van der Waals surface area contributed by atoms with Gasteiger partial charge >= 0.3 is 11.9 Å². The molecule has 0 radical (unpaired) electrons. The Bertz CT molecular complexity index is 507. The third kappa shape index (κ3) is 6.29. The summed E-state index contributed by atoms with van der Waals surface area (Å²) < 4.78 is 0. The molecule has 1 rings (SSSR count). The van der Waals surface area contributed by atoms with Gasteiger partial charge in [-0.25, -0.2) is 9.59 Å². The highest BCUT2D eigenvalue weighted by Gasteiger charge is 2.18. The van der Waals surface area contributed by atoms with Crippen LogP contribution < -0.4 is 0 Å². The van der Waals surface area contributed by atoms with Crippen LogP contribution in [0.15, 0.2) is 12.1 Å². The van der Waals surface area contributed by atoms with Crippen LogP contribution in [-0.4, -0.2) is 45.6 Å². The molecule has 0 unspecified atom stereocenters. The van der Waals surface area contributed by atoms with Crippen molar-refractivity contribution < 1.29 is 30.0 Å². The molecule has 0 aliphatic heterocycles. The van der Waals surface area contributed by atoms with Crippen LogP contribution >= 0.6 is 0 Å². The molecule has 0 heterocycles. The average Bonchev–Trinajstić information content (AvgIpc) is 2.55. The number of hydrogen-bond acceptors (Lipinski definition) is 4. The van der Waals surface area contributed by atoms with Crippen molar-refractivity contribution in [3.8, 4) is 0 Å². The van der Waals surface area contributed by atoms with Gasteiger partial charge < -0.3 is 20.4 Å². The molecule has 0 aliphatic rings. The van der Waals surface area contributed by atoms with E-state index in [-0.39, 0.29) is 24.3 Å². The van der Waals surface area contributed by atoms with Gasteiger partial charge in [0, 0.05) is 13.2 Å². The number of aryl methyl sites for hydroxylation is 2. The third-order valence-electron chi connectivity index (χ3n) is 4.00. The number of unbranched alkanes of at least 4 members (excludes halogenated alkanes) is 4. The van der Waals surface area contributed by atoms with Crippen LogP contribution in [0.5, 0.6) is 0 Å². The van der Waals surface area contributed by atoms with Crippen molar-refractivity contribution in [2.75, 3.05) is 13.2 Å². The molecule has 1 aromatic rings. The highest BCUT2D eigenvalue weighted by Crippen LogP contribution is 2.22. The second kappa shape index (κ2) is 10.8. The van der Waals surface area contributed by atoms with Crippen LogP contribution in [-0.2, 0) is 12.8 Å². The highest BCUT2D eigenvalue weighted by molar-refractivity contribution is 5.96. The molecule has 1 aromatic carbocycles. The molecule has 0 aliphatic carbocycles. The number of aliphatic hydroxyl groups is 2. The molecule has 0 spiro atoms. The first-order chi connectivity index (χ1) is 11.5. The summed E-state index contributed by atoms with van der Waals surface area (Å²) in [5, 5.41) is 36.3. The van der Waals surface area contributed by atoms with E-state index in [1.165, 1.54) is 6.07 Å². The summed E-state index contributed by atoms with van der Waals surface area (Å²) in [6.45, 7) is 0.222. The zero-order valence-electron chi connectivity index (χ0n) is 13.8. The largest absolute Gasteiger partial charge is 0.478 e. The van der Waals surface area contributed by atoms with Gasteiger partial charge in [-0.1, -0.05) is 18.9 Å². The van der Waals surface area contributed by atoms with E-state index in [2.05, 4.69) is 0 Å². The number of carbonyl (C=O) groups is 2. The van der Waals surface area contributed by atoms with Crippen molar-refractivity contribution in [2.45, 2.75) is 51.4 Å². The SMILES string of the molecule is O=C(O)c1cc(C(=O)O)c(CCCCCO)cc1CCCCCO. The smallest absolute Gasteiger partial charge is 0.335 e. The summed E-state index contributed by atoms with van der Waals surface area (Å²) in [7, 11) is 0. The lowest BCUT2D eigenvalue weighted by molar-refractivity contribution is 0.0695. The number of carboxylic acid groups (broad SMARTS) is 2. The number of hydrogen-bond donors (Lipinski definition) is 4. The molecule has 0 saturated heterocycles. The lowest BCUT2D eigenvalue weighted by Gasteiger charge is -2.13. The summed E-state index contributed by atoms with van der Waals surface area (Å²) in [5.74, 6) is -2.25. The van der Waals surface area contributed by atoms with Gasteiger partial charge in [0.05, 0.1) is 11.1 Å². The number of benzene rings is 1. The number of rotatable bonds is 12. The normalized spacial score (nSPS) is 10.8. The molecule has 0 fully saturated rings. The molecule has 0 aromatic heterocycles. The van der Waals surface area contributed by atoms with Gasteiger partial charge in [0.15, 0.2) is 0 Å². The van der Waals surface area contributed by atoms with Crippen molar-refractivity contribution >= 4 is 11.9 Å². The van der Waals surface area contributed by atoms with Gasteiger partial charge in [-0.3, -0.25) is 0 Å². The van der Waals surface area contributed by atoms with Crippen LogP contribution in [0.4, 0.5) is 0 Å². The monoisotopic (exact) mass is 338 g/mol. The minimum absolute atomic E-state index is 0.0375. The van der Waals surface area contributed by atoms with Crippen molar-refractivity contribution in [3.63, 3.8) is 0 Å². The standard InChI is InChI=1S/C18H26O6/c19-9-5-1-3-7-13-11-14(8-4-2-6-10-20)16(18(23)24)12-15(13)17(21)22/h11-12,19-20H,1-10H2,(H,21,22)(H,23,24). The fourth-order valence-electron chi connectivity index (χ4n) is 2.72. The first-order valence-corrected chi connectivity index (χ1v) is 8.35. The summed E-state index contributed by atoms with van der Waals surface area (Å²) in [6.07, 6.45) is 5.52. The Kier molecular flexibility index (Phi) is 9.04. The van der Waals surface area contributed by atoms with Crippen LogP contribution in [0.2, 0.25) is 0 Å². The van der Waals surface area contributed by atoms with Crippen molar-refractivity contribution in [1.29, 1.82) is 0 Å². The number of aromatic carboxylic acids is 2. The predicted octanol–water partition coefficient (Wildman–Crippen LogP) is 2.49. The first-order valence-electron chi connectivity index (χ1n) is 8.35. The fraction of sp³-hybridized carbons (Fsp3) is 0.556. The maximum absolute atomic E-state index is 11.4. The zero-order valence-corrected chi connectivity index (χ0v) is 13.8. The molecular formula is C18H26O6. The van der Waals surface area contributed by atoms with Crippen molar-refractivity contribution in [2.24, 2.45) is 0 Å². The number of carboxylic acids is 2. The Balaban J connectivity index is 3.01. The highest BCUT2D eigenvalue weighted by atomic mass is 16.4. The van der Waals surface area contributed by atoms with E-state index in [4.69, 9.17) is 10.2 Å². The van der Waals surface area contributed by atoms with Gasteiger partial charge in [0.1, 0.15) is 0 Å². The third-order valence-corrected chi connectivity index (χ3v) is 4.00. The molecule has 0 saturated carbocycles. The van der Waals surface area contributed by atoms with E-state index in [1.54, 1.807) is 6.07 Å². The van der Waals surface area contributed by atoms with Gasteiger partial charge in [-0.15, -0.1) is 0 Å². The maximum Gasteiger partial charge on any atom is 0.335 e. The van der Waals surface area contributed by atoms with Crippen molar-refractivity contribution in [3.05, 3.63) is 34.4 Å². The van der Waals surface area contributed by atoms with E-state index in [0.717, 1.165) is 25.7 Å². The van der Waals surface area contributed by atoms with Gasteiger partial charge in [0.25, 0.3) is 0 Å². The molecule has 6 heteroatoms. The minimum atomic E-state index is -1.12. The molecule has 134 valence electrons. The van der Waals surface area contributed by atoms with Crippen LogP contribution in [0.1, 0.15) is 70.4 Å². The van der Waals surface area contributed by atoms with Gasteiger partial charge in [-0.05, 0) is 55.7 Å². The summed E-state index contributed by atoms with van der Waals surface area (Å²) in [4.78, 5) is 22.9. The van der Waals surface area contributed by atoms with Gasteiger partial charge in [-0.2, -0.15) is 0 Å². The molecule has 4 N–H and O–H groups in total. The summed E-state index contributed by atoms with van der Waals surface area (Å²) in [5.41, 5.74) is 1.36. The quantitative estimate of drug-likeness (QED) is 0.435. The maximum atomic E-state index is 11.4. The molecule has 0 bridgehead atoms. The van der Waals surface area contributed by atoms with Crippen molar-refractivity contribution in [1.82, 2.24) is 0 Å². The number of aliphatic hydroxyl groups excluding tert-OH is 2. The second-order valence-corrected chi connectivity index (χ2v) is 5.85. The minimum Gasteiger partial charge on any atom is -0.478 e. The average molecular weight is 338 g/mol. The van der Waals surface area contributed by atoms with Crippen LogP contribution in [0.25, 0.3) is 0 Å². The first kappa shape index (κ1) is 20.1. The molecule has 24 heavy (non-hydrogen) atoms. The zero-order chi connectivity index (χ0) is 17.9. The molecule has 0 amide bonds.